The third kappa shape index (κ3) is 6.58. The third-order valence-electron chi connectivity index (χ3n) is 4.85. The molecule has 0 bridgehead atoms. The van der Waals surface area contributed by atoms with Gasteiger partial charge in [0.1, 0.15) is 6.04 Å². The van der Waals surface area contributed by atoms with Crippen LogP contribution in [0, 0.1) is 5.41 Å². The summed E-state index contributed by atoms with van der Waals surface area (Å²) in [5.74, 6) is -0.546. The van der Waals surface area contributed by atoms with Gasteiger partial charge < -0.3 is 20.7 Å². The molecule has 2 N–H and O–H groups in total. The number of benzene rings is 1. The molecular weight excluding hydrogens is 439 g/mol. The second kappa shape index (κ2) is 10.6. The second-order valence-electron chi connectivity index (χ2n) is 7.30. The summed E-state index contributed by atoms with van der Waals surface area (Å²) in [5, 5.41) is 2.60. The van der Waals surface area contributed by atoms with E-state index >= 15 is 0 Å². The molecule has 0 saturated carbocycles. The van der Waals surface area contributed by atoms with Crippen molar-refractivity contribution in [1.29, 1.82) is 0 Å². The van der Waals surface area contributed by atoms with Crippen LogP contribution in [-0.2, 0) is 48.1 Å². The largest absolute Gasteiger partial charge is 0.666 e. The van der Waals surface area contributed by atoms with Crippen molar-refractivity contribution >= 4 is 28.8 Å². The van der Waals surface area contributed by atoms with E-state index in [2.05, 4.69) is 5.32 Å². The molecule has 1 aromatic carbocycles. The van der Waals surface area contributed by atoms with Gasteiger partial charge in [-0.2, -0.15) is 0 Å². The zero-order valence-electron chi connectivity index (χ0n) is 16.0. The summed E-state index contributed by atoms with van der Waals surface area (Å²) >= 11 is 1.12. The SMILES string of the molecule is C[C@@H](C([NH-])=O)N1CCCC(C)(C)[C@H](NC(=O)SCc2ccccc2)C1=O.[Y]. The molecule has 1 fully saturated rings. The maximum atomic E-state index is 13.0. The van der Waals surface area contributed by atoms with Crippen molar-refractivity contribution in [3.05, 3.63) is 41.6 Å². The molecule has 6 nitrogen and oxygen atoms in total. The molecule has 2 rings (SSSR count). The summed E-state index contributed by atoms with van der Waals surface area (Å²) in [6.07, 6.45) is 1.49. The number of nitrogens with one attached hydrogen (secondary N) is 2. The molecule has 1 aliphatic rings. The number of rotatable bonds is 5. The Hall–Kier alpha value is -0.916. The number of carbonyl (C=O) groups excluding carboxylic acids is 3. The molecule has 1 heterocycles. The van der Waals surface area contributed by atoms with Crippen molar-refractivity contribution < 1.29 is 47.1 Å². The molecule has 0 spiro atoms. The van der Waals surface area contributed by atoms with Gasteiger partial charge in [0, 0.05) is 45.0 Å². The van der Waals surface area contributed by atoms with Gasteiger partial charge in [0.15, 0.2) is 0 Å². The molecule has 8 heteroatoms. The Morgan fingerprint density at radius 2 is 1.96 bits per heavy atom. The minimum Gasteiger partial charge on any atom is -0.666 e. The van der Waals surface area contributed by atoms with Gasteiger partial charge in [-0.3, -0.25) is 9.59 Å². The van der Waals surface area contributed by atoms with Crippen molar-refractivity contribution in [3.8, 4) is 0 Å². The van der Waals surface area contributed by atoms with E-state index in [4.69, 9.17) is 5.73 Å². The van der Waals surface area contributed by atoms with Crippen LogP contribution < -0.4 is 5.32 Å². The first-order valence-corrected chi connectivity index (χ1v) is 9.74. The molecule has 1 aliphatic heterocycles. The quantitative estimate of drug-likeness (QED) is 0.720. The molecular formula is C19H26N3O3SY-. The summed E-state index contributed by atoms with van der Waals surface area (Å²) in [6.45, 7) is 5.90. The predicted molar refractivity (Wildman–Crippen MR) is 104 cm³/mol. The molecule has 145 valence electrons. The van der Waals surface area contributed by atoms with Crippen LogP contribution in [0.4, 0.5) is 4.79 Å². The first-order valence-electron chi connectivity index (χ1n) is 8.75. The van der Waals surface area contributed by atoms with Crippen LogP contribution in [0.25, 0.3) is 5.73 Å². The first-order chi connectivity index (χ1) is 12.2. The number of amides is 3. The van der Waals surface area contributed by atoms with Crippen LogP contribution in [0.3, 0.4) is 0 Å². The van der Waals surface area contributed by atoms with Crippen LogP contribution in [-0.4, -0.2) is 40.6 Å². The third-order valence-corrected chi connectivity index (χ3v) is 5.71. The minimum absolute atomic E-state index is 0. The Morgan fingerprint density at radius 3 is 2.56 bits per heavy atom. The van der Waals surface area contributed by atoms with E-state index < -0.39 is 23.4 Å². The van der Waals surface area contributed by atoms with Crippen molar-refractivity contribution in [2.75, 3.05) is 6.54 Å². The second-order valence-corrected chi connectivity index (χ2v) is 8.25. The minimum atomic E-state index is -0.798. The fraction of sp³-hybridized carbons (Fsp3) is 0.526. The number of thioether (sulfide) groups is 1. The zero-order valence-corrected chi connectivity index (χ0v) is 19.7. The van der Waals surface area contributed by atoms with Crippen LogP contribution in [0.1, 0.15) is 39.2 Å². The predicted octanol–water partition coefficient (Wildman–Crippen LogP) is 3.61. The average molecular weight is 465 g/mol. The molecule has 27 heavy (non-hydrogen) atoms. The number of likely N-dealkylation sites (tertiary alicyclic amines) is 1. The van der Waals surface area contributed by atoms with Gasteiger partial charge in [-0.1, -0.05) is 55.9 Å². The Labute approximate surface area is 190 Å². The molecule has 3 amide bonds. The summed E-state index contributed by atoms with van der Waals surface area (Å²) < 4.78 is 0. The molecule has 1 aromatic rings. The van der Waals surface area contributed by atoms with Gasteiger partial charge in [-0.25, -0.2) is 0 Å². The van der Waals surface area contributed by atoms with Crippen LogP contribution >= 0.6 is 11.8 Å². The van der Waals surface area contributed by atoms with E-state index in [0.717, 1.165) is 30.2 Å². The van der Waals surface area contributed by atoms with Gasteiger partial charge in [0.05, 0.1) is 11.9 Å². The topological polar surface area (TPSA) is 90.3 Å². The van der Waals surface area contributed by atoms with Crippen molar-refractivity contribution in [2.24, 2.45) is 5.41 Å². The maximum Gasteiger partial charge on any atom is 0.280 e. The Balaban J connectivity index is 0.00000364. The van der Waals surface area contributed by atoms with E-state index in [9.17, 15) is 14.4 Å². The van der Waals surface area contributed by atoms with Gasteiger partial charge >= 0.3 is 0 Å². The fourth-order valence-electron chi connectivity index (χ4n) is 3.13. The standard InChI is InChI=1S/C19H27N3O3S.Y/c1-13(16(20)23)22-11-7-10-19(2,3)15(17(22)24)21-18(25)26-12-14-8-5-4-6-9-14;/h4-6,8-9,13,15H,7,10-12H2,1-3H3,(H3,20,21,23,25);/p-1/t13-,15+;/m0./s1. The monoisotopic (exact) mass is 465 g/mol. The summed E-state index contributed by atoms with van der Waals surface area (Å²) in [7, 11) is 0. The number of hydrogen-bond acceptors (Lipinski definition) is 4. The molecule has 1 radical (unpaired) electrons. The van der Waals surface area contributed by atoms with E-state index in [1.54, 1.807) is 6.92 Å². The number of nitrogens with zero attached hydrogens (tertiary/aromatic N) is 1. The summed E-state index contributed by atoms with van der Waals surface area (Å²) in [4.78, 5) is 38.3. The molecule has 0 aromatic heterocycles. The average Bonchev–Trinajstić information content (AvgIpc) is 2.71. The normalized spacial score (nSPS) is 20.2. The van der Waals surface area contributed by atoms with E-state index in [-0.39, 0.29) is 43.9 Å². The van der Waals surface area contributed by atoms with Gasteiger partial charge in [0.2, 0.25) is 5.91 Å². The Bertz CT molecular complexity index is 669. The first kappa shape index (κ1) is 24.1. The van der Waals surface area contributed by atoms with E-state index in [1.807, 2.05) is 44.2 Å². The summed E-state index contributed by atoms with van der Waals surface area (Å²) in [5.41, 5.74) is 7.94. The molecule has 1 saturated heterocycles. The van der Waals surface area contributed by atoms with E-state index in [1.165, 1.54) is 4.90 Å². The van der Waals surface area contributed by atoms with Gasteiger partial charge in [-0.05, 0) is 30.7 Å². The smallest absolute Gasteiger partial charge is 0.280 e. The van der Waals surface area contributed by atoms with Crippen molar-refractivity contribution in [1.82, 2.24) is 10.2 Å². The maximum absolute atomic E-state index is 13.0. The van der Waals surface area contributed by atoms with Crippen LogP contribution in [0.2, 0.25) is 0 Å². The van der Waals surface area contributed by atoms with Crippen LogP contribution in [0.5, 0.6) is 0 Å². The van der Waals surface area contributed by atoms with Crippen molar-refractivity contribution in [2.45, 2.75) is 51.4 Å². The number of carbonyl (C=O) groups is 3. The summed E-state index contributed by atoms with van der Waals surface area (Å²) in [6, 6.07) is 8.15. The van der Waals surface area contributed by atoms with Gasteiger partial charge in [0.25, 0.3) is 5.24 Å². The zero-order chi connectivity index (χ0) is 19.3. The number of hydrogen-bond donors (Lipinski definition) is 1. The van der Waals surface area contributed by atoms with Crippen molar-refractivity contribution in [3.63, 3.8) is 0 Å². The van der Waals surface area contributed by atoms with Crippen LogP contribution in [0.15, 0.2) is 30.3 Å². The fourth-order valence-corrected chi connectivity index (χ4v) is 3.82. The molecule has 0 aliphatic carbocycles. The molecule has 2 atom stereocenters. The Kier molecular flexibility index (Phi) is 9.45. The van der Waals surface area contributed by atoms with Gasteiger partial charge in [-0.15, -0.1) is 0 Å². The molecule has 0 unspecified atom stereocenters. The Morgan fingerprint density at radius 1 is 1.33 bits per heavy atom. The van der Waals surface area contributed by atoms with E-state index in [0.29, 0.717) is 12.3 Å².